The molecular weight excluding hydrogens is 296 g/mol. The fraction of sp³-hybridized carbons (Fsp3) is 0.545. The number of phenolic OH excluding ortho intramolecular Hbond substituents is 1. The highest BCUT2D eigenvalue weighted by Crippen LogP contribution is 2.40. The molecule has 2 heteroatoms. The number of benzene rings is 1. The maximum absolute atomic E-state index is 10.1. The van der Waals surface area contributed by atoms with E-state index in [1.54, 1.807) is 0 Å². The van der Waals surface area contributed by atoms with E-state index in [9.17, 15) is 5.11 Å². The van der Waals surface area contributed by atoms with E-state index in [4.69, 9.17) is 4.74 Å². The Morgan fingerprint density at radius 2 is 1.96 bits per heavy atom. The normalized spacial score (nSPS) is 20.3. The Labute approximate surface area is 147 Å². The third-order valence-electron chi connectivity index (χ3n) is 4.85. The van der Waals surface area contributed by atoms with E-state index >= 15 is 0 Å². The van der Waals surface area contributed by atoms with Gasteiger partial charge in [-0.15, -0.1) is 0 Å². The average molecular weight is 328 g/mol. The van der Waals surface area contributed by atoms with Gasteiger partial charge in [-0.1, -0.05) is 23.3 Å². The Bertz CT molecular complexity index is 636. The topological polar surface area (TPSA) is 29.5 Å². The summed E-state index contributed by atoms with van der Waals surface area (Å²) in [6, 6.07) is 3.87. The summed E-state index contributed by atoms with van der Waals surface area (Å²) in [4.78, 5) is 0. The van der Waals surface area contributed by atoms with Crippen LogP contribution in [-0.4, -0.2) is 10.7 Å². The first kappa shape index (κ1) is 18.6. The molecule has 1 atom stereocenters. The van der Waals surface area contributed by atoms with E-state index in [1.165, 1.54) is 11.1 Å². The second-order valence-corrected chi connectivity index (χ2v) is 7.72. The molecule has 0 radical (unpaired) electrons. The second-order valence-electron chi connectivity index (χ2n) is 7.72. The van der Waals surface area contributed by atoms with Crippen molar-refractivity contribution in [2.75, 3.05) is 0 Å². The zero-order valence-corrected chi connectivity index (χ0v) is 15.9. The molecule has 1 unspecified atom stereocenters. The molecule has 0 spiro atoms. The van der Waals surface area contributed by atoms with Crippen molar-refractivity contribution in [1.29, 1.82) is 0 Å². The van der Waals surface area contributed by atoms with Gasteiger partial charge in [0.25, 0.3) is 0 Å². The Hall–Kier alpha value is -1.70. The molecule has 132 valence electrons. The lowest BCUT2D eigenvalue weighted by atomic mass is 9.87. The molecule has 0 bridgehead atoms. The molecule has 0 saturated heterocycles. The van der Waals surface area contributed by atoms with E-state index in [0.717, 1.165) is 55.4 Å². The zero-order chi connectivity index (χ0) is 17.7. The van der Waals surface area contributed by atoms with Gasteiger partial charge in [-0.05, 0) is 90.8 Å². The van der Waals surface area contributed by atoms with Gasteiger partial charge in [0.1, 0.15) is 17.1 Å². The molecule has 24 heavy (non-hydrogen) atoms. The third-order valence-corrected chi connectivity index (χ3v) is 4.85. The number of hydrogen-bond acceptors (Lipinski definition) is 2. The van der Waals surface area contributed by atoms with Crippen molar-refractivity contribution in [3.8, 4) is 11.5 Å². The van der Waals surface area contributed by atoms with Crippen LogP contribution in [0.3, 0.4) is 0 Å². The van der Waals surface area contributed by atoms with Crippen LogP contribution in [0, 0.1) is 6.92 Å². The highest BCUT2D eigenvalue weighted by atomic mass is 16.5. The van der Waals surface area contributed by atoms with E-state index < -0.39 is 0 Å². The number of phenols is 1. The number of aryl methyl sites for hydroxylation is 1. The van der Waals surface area contributed by atoms with Crippen LogP contribution in [0.2, 0.25) is 0 Å². The molecule has 0 saturated carbocycles. The summed E-state index contributed by atoms with van der Waals surface area (Å²) in [5.74, 6) is 1.24. The fourth-order valence-corrected chi connectivity index (χ4v) is 3.30. The average Bonchev–Trinajstić information content (AvgIpc) is 2.45. The Morgan fingerprint density at radius 3 is 2.67 bits per heavy atom. The summed E-state index contributed by atoms with van der Waals surface area (Å²) >= 11 is 0. The lowest BCUT2D eigenvalue weighted by Crippen LogP contribution is -2.36. The second kappa shape index (κ2) is 7.92. The molecule has 0 aliphatic carbocycles. The summed E-state index contributed by atoms with van der Waals surface area (Å²) in [5.41, 5.74) is 4.73. The SMILES string of the molecule is CC(C)=CCC/C(C)=C/CCC1(C)CCc2c(O)cc(C)cc2O1. The van der Waals surface area contributed by atoms with Gasteiger partial charge in [0.2, 0.25) is 0 Å². The Morgan fingerprint density at radius 1 is 1.21 bits per heavy atom. The monoisotopic (exact) mass is 328 g/mol. The van der Waals surface area contributed by atoms with Crippen LogP contribution in [0.5, 0.6) is 11.5 Å². The lowest BCUT2D eigenvalue weighted by Gasteiger charge is -2.36. The minimum atomic E-state index is -0.135. The molecule has 1 aromatic carbocycles. The minimum Gasteiger partial charge on any atom is -0.508 e. The third kappa shape index (κ3) is 5.15. The predicted molar refractivity (Wildman–Crippen MR) is 102 cm³/mol. The van der Waals surface area contributed by atoms with Crippen LogP contribution in [0.15, 0.2) is 35.4 Å². The predicted octanol–water partition coefficient (Wildman–Crippen LogP) is 6.26. The van der Waals surface area contributed by atoms with Crippen LogP contribution < -0.4 is 4.74 Å². The number of fused-ring (bicyclic) bond motifs is 1. The Kier molecular flexibility index (Phi) is 6.15. The van der Waals surface area contributed by atoms with Crippen LogP contribution in [0.25, 0.3) is 0 Å². The molecule has 0 aromatic heterocycles. The molecule has 0 fully saturated rings. The number of ether oxygens (including phenoxy) is 1. The maximum atomic E-state index is 10.1. The van der Waals surface area contributed by atoms with Gasteiger partial charge < -0.3 is 9.84 Å². The van der Waals surface area contributed by atoms with Gasteiger partial charge >= 0.3 is 0 Å². The molecule has 1 N–H and O–H groups in total. The van der Waals surface area contributed by atoms with Gasteiger partial charge in [0.05, 0.1) is 0 Å². The molecule has 1 aliphatic heterocycles. The van der Waals surface area contributed by atoms with Gasteiger partial charge in [0.15, 0.2) is 0 Å². The first-order chi connectivity index (χ1) is 11.3. The Balaban J connectivity index is 1.92. The molecule has 1 heterocycles. The van der Waals surface area contributed by atoms with Crippen LogP contribution in [-0.2, 0) is 6.42 Å². The smallest absolute Gasteiger partial charge is 0.127 e. The molecule has 0 amide bonds. The van der Waals surface area contributed by atoms with Gasteiger partial charge in [-0.2, -0.15) is 0 Å². The minimum absolute atomic E-state index is 0.135. The van der Waals surface area contributed by atoms with E-state index in [-0.39, 0.29) is 5.60 Å². The summed E-state index contributed by atoms with van der Waals surface area (Å²) < 4.78 is 6.28. The van der Waals surface area contributed by atoms with Crippen molar-refractivity contribution in [2.24, 2.45) is 0 Å². The quantitative estimate of drug-likeness (QED) is 0.625. The molecule has 2 nitrogen and oxygen atoms in total. The maximum Gasteiger partial charge on any atom is 0.127 e. The van der Waals surface area contributed by atoms with E-state index in [2.05, 4.69) is 39.8 Å². The molecule has 1 aromatic rings. The molecule has 1 aliphatic rings. The number of rotatable bonds is 6. The van der Waals surface area contributed by atoms with Crippen LogP contribution >= 0.6 is 0 Å². The standard InChI is InChI=1S/C22H32O2/c1-16(2)8-6-9-17(3)10-7-12-22(5)13-11-19-20(23)14-18(4)15-21(19)24-22/h8,10,14-15,23H,6-7,9,11-13H2,1-5H3/b17-10+. The van der Waals surface area contributed by atoms with Crippen molar-refractivity contribution in [1.82, 2.24) is 0 Å². The van der Waals surface area contributed by atoms with Gasteiger partial charge in [-0.3, -0.25) is 0 Å². The fourth-order valence-electron chi connectivity index (χ4n) is 3.30. The van der Waals surface area contributed by atoms with Gasteiger partial charge in [-0.25, -0.2) is 0 Å². The summed E-state index contributed by atoms with van der Waals surface area (Å²) in [7, 11) is 0. The zero-order valence-electron chi connectivity index (χ0n) is 15.9. The lowest BCUT2D eigenvalue weighted by molar-refractivity contribution is 0.0563. The van der Waals surface area contributed by atoms with Crippen molar-refractivity contribution in [2.45, 2.75) is 78.7 Å². The van der Waals surface area contributed by atoms with E-state index in [1.807, 2.05) is 19.1 Å². The van der Waals surface area contributed by atoms with E-state index in [0.29, 0.717) is 5.75 Å². The van der Waals surface area contributed by atoms with Crippen molar-refractivity contribution < 1.29 is 9.84 Å². The summed E-state index contributed by atoms with van der Waals surface area (Å²) in [6.07, 6.45) is 10.8. The number of aromatic hydroxyl groups is 1. The molecular formula is C22H32O2. The van der Waals surface area contributed by atoms with Gasteiger partial charge in [0, 0.05) is 5.56 Å². The highest BCUT2D eigenvalue weighted by molar-refractivity contribution is 5.48. The van der Waals surface area contributed by atoms with Crippen LogP contribution in [0.1, 0.15) is 70.9 Å². The van der Waals surface area contributed by atoms with Crippen LogP contribution in [0.4, 0.5) is 0 Å². The first-order valence-corrected chi connectivity index (χ1v) is 9.09. The highest BCUT2D eigenvalue weighted by Gasteiger charge is 2.32. The van der Waals surface area contributed by atoms with Crippen molar-refractivity contribution in [3.63, 3.8) is 0 Å². The summed E-state index contributed by atoms with van der Waals surface area (Å²) in [5, 5.41) is 10.1. The summed E-state index contributed by atoms with van der Waals surface area (Å²) in [6.45, 7) is 10.7. The van der Waals surface area contributed by atoms with Crippen molar-refractivity contribution in [3.05, 3.63) is 46.6 Å². The number of hydrogen-bond donors (Lipinski definition) is 1. The first-order valence-electron chi connectivity index (χ1n) is 9.09. The number of allylic oxidation sites excluding steroid dienone is 4. The largest absolute Gasteiger partial charge is 0.508 e. The van der Waals surface area contributed by atoms with Crippen molar-refractivity contribution >= 4 is 0 Å². The molecule has 2 rings (SSSR count).